The molecule has 0 aromatic carbocycles. The Morgan fingerprint density at radius 3 is 2.83 bits per heavy atom. The second-order valence-corrected chi connectivity index (χ2v) is 5.50. The second-order valence-electron chi connectivity index (χ2n) is 5.50. The first-order valence-electron chi connectivity index (χ1n) is 6.85. The van der Waals surface area contributed by atoms with Gasteiger partial charge >= 0.3 is 5.97 Å². The normalized spacial score (nSPS) is 25.8. The van der Waals surface area contributed by atoms with Gasteiger partial charge in [0.1, 0.15) is 0 Å². The highest BCUT2D eigenvalue weighted by atomic mass is 16.5. The van der Waals surface area contributed by atoms with Crippen LogP contribution in [-0.4, -0.2) is 23.3 Å². The van der Waals surface area contributed by atoms with Gasteiger partial charge in [-0.15, -0.1) is 0 Å². The zero-order chi connectivity index (χ0) is 13.0. The SMILES string of the molecule is C[C@@]1(OCCCCCC(=O)O)C=CC2=C(CC2)C1. The number of aliphatic carboxylic acids is 1. The molecular formula is C15H22O3. The number of ether oxygens (including phenoxy) is 1. The molecule has 3 heteroatoms. The number of hydrogen-bond donors (Lipinski definition) is 1. The van der Waals surface area contributed by atoms with Crippen molar-refractivity contribution in [2.24, 2.45) is 0 Å². The van der Waals surface area contributed by atoms with Crippen molar-refractivity contribution in [2.75, 3.05) is 6.61 Å². The molecule has 0 bridgehead atoms. The summed E-state index contributed by atoms with van der Waals surface area (Å²) in [6.45, 7) is 2.87. The van der Waals surface area contributed by atoms with Gasteiger partial charge in [0, 0.05) is 19.4 Å². The Hall–Kier alpha value is -1.09. The van der Waals surface area contributed by atoms with Crippen LogP contribution >= 0.6 is 0 Å². The molecule has 0 unspecified atom stereocenters. The average Bonchev–Trinajstić information content (AvgIpc) is 2.28. The van der Waals surface area contributed by atoms with E-state index in [-0.39, 0.29) is 12.0 Å². The van der Waals surface area contributed by atoms with Crippen LogP contribution in [-0.2, 0) is 9.53 Å². The summed E-state index contributed by atoms with van der Waals surface area (Å²) < 4.78 is 5.96. The van der Waals surface area contributed by atoms with Gasteiger partial charge in [0.2, 0.25) is 0 Å². The van der Waals surface area contributed by atoms with Crippen LogP contribution in [0.1, 0.15) is 51.9 Å². The maximum Gasteiger partial charge on any atom is 0.303 e. The molecule has 0 aromatic heterocycles. The summed E-state index contributed by atoms with van der Waals surface area (Å²) in [7, 11) is 0. The van der Waals surface area contributed by atoms with Crippen LogP contribution in [0.4, 0.5) is 0 Å². The minimum atomic E-state index is -0.706. The van der Waals surface area contributed by atoms with Crippen LogP contribution in [0.5, 0.6) is 0 Å². The van der Waals surface area contributed by atoms with E-state index in [0.29, 0.717) is 0 Å². The molecule has 2 rings (SSSR count). The smallest absolute Gasteiger partial charge is 0.303 e. The first kappa shape index (κ1) is 13.3. The molecule has 0 saturated heterocycles. The summed E-state index contributed by atoms with van der Waals surface area (Å²) in [6.07, 6.45) is 10.8. The Morgan fingerprint density at radius 1 is 1.39 bits per heavy atom. The lowest BCUT2D eigenvalue weighted by molar-refractivity contribution is -0.137. The lowest BCUT2D eigenvalue weighted by atomic mass is 9.77. The van der Waals surface area contributed by atoms with Crippen LogP contribution in [0.3, 0.4) is 0 Å². The Kier molecular flexibility index (Phi) is 4.23. The summed E-state index contributed by atoms with van der Waals surface area (Å²) in [5.74, 6) is -0.706. The molecule has 0 heterocycles. The lowest BCUT2D eigenvalue weighted by Crippen LogP contribution is -2.31. The van der Waals surface area contributed by atoms with Gasteiger partial charge in [0.05, 0.1) is 5.60 Å². The molecule has 0 fully saturated rings. The lowest BCUT2D eigenvalue weighted by Gasteiger charge is -2.36. The molecule has 1 atom stereocenters. The minimum Gasteiger partial charge on any atom is -0.481 e. The zero-order valence-electron chi connectivity index (χ0n) is 11.1. The molecule has 0 spiro atoms. The third-order valence-corrected chi connectivity index (χ3v) is 3.82. The third-order valence-electron chi connectivity index (χ3n) is 3.82. The fraction of sp³-hybridized carbons (Fsp3) is 0.667. The molecule has 2 aliphatic rings. The highest BCUT2D eigenvalue weighted by Gasteiger charge is 2.30. The average molecular weight is 250 g/mol. The van der Waals surface area contributed by atoms with Crippen LogP contribution in [0.25, 0.3) is 0 Å². The second kappa shape index (κ2) is 5.70. The Labute approximate surface area is 109 Å². The van der Waals surface area contributed by atoms with E-state index in [0.717, 1.165) is 32.3 Å². The van der Waals surface area contributed by atoms with E-state index in [1.165, 1.54) is 18.4 Å². The Morgan fingerprint density at radius 2 is 2.22 bits per heavy atom. The maximum absolute atomic E-state index is 10.4. The van der Waals surface area contributed by atoms with Crippen molar-refractivity contribution >= 4 is 5.97 Å². The standard InChI is InChI=1S/C15H22O3/c1-15(9-8-12-6-7-13(12)11-15)18-10-4-2-3-5-14(16)17/h8-9H,2-7,10-11H2,1H3,(H,16,17)/t15-/m1/s1. The molecule has 1 N–H and O–H groups in total. The van der Waals surface area contributed by atoms with Gasteiger partial charge in [-0.1, -0.05) is 24.1 Å². The van der Waals surface area contributed by atoms with Crippen molar-refractivity contribution in [1.29, 1.82) is 0 Å². The first-order valence-corrected chi connectivity index (χ1v) is 6.85. The largest absolute Gasteiger partial charge is 0.481 e. The van der Waals surface area contributed by atoms with Gasteiger partial charge in [0.15, 0.2) is 0 Å². The summed E-state index contributed by atoms with van der Waals surface area (Å²) in [6, 6.07) is 0. The highest BCUT2D eigenvalue weighted by Crippen LogP contribution is 2.40. The van der Waals surface area contributed by atoms with E-state index in [1.54, 1.807) is 5.57 Å². The van der Waals surface area contributed by atoms with Crippen LogP contribution in [0.15, 0.2) is 23.3 Å². The number of carboxylic acids is 1. The summed E-state index contributed by atoms with van der Waals surface area (Å²) in [4.78, 5) is 10.4. The molecule has 2 aliphatic carbocycles. The number of carbonyl (C=O) groups is 1. The minimum absolute atomic E-state index is 0.133. The maximum atomic E-state index is 10.4. The molecule has 0 saturated carbocycles. The van der Waals surface area contributed by atoms with Crippen LogP contribution < -0.4 is 0 Å². The van der Waals surface area contributed by atoms with Gasteiger partial charge < -0.3 is 9.84 Å². The van der Waals surface area contributed by atoms with Crippen LogP contribution in [0, 0.1) is 0 Å². The third kappa shape index (κ3) is 3.45. The molecule has 0 radical (unpaired) electrons. The van der Waals surface area contributed by atoms with Crippen LogP contribution in [0.2, 0.25) is 0 Å². The Balaban J connectivity index is 1.62. The first-order chi connectivity index (χ1) is 8.59. The van der Waals surface area contributed by atoms with Gasteiger partial charge in [-0.2, -0.15) is 0 Å². The molecule has 0 aromatic rings. The van der Waals surface area contributed by atoms with Crippen molar-refractivity contribution in [3.63, 3.8) is 0 Å². The summed E-state index contributed by atoms with van der Waals surface area (Å²) in [5.41, 5.74) is 2.94. The zero-order valence-corrected chi connectivity index (χ0v) is 11.1. The summed E-state index contributed by atoms with van der Waals surface area (Å²) >= 11 is 0. The van der Waals surface area contributed by atoms with E-state index in [2.05, 4.69) is 19.1 Å². The fourth-order valence-electron chi connectivity index (χ4n) is 2.57. The predicted molar refractivity (Wildman–Crippen MR) is 70.5 cm³/mol. The van der Waals surface area contributed by atoms with E-state index < -0.39 is 5.97 Å². The quantitative estimate of drug-likeness (QED) is 0.704. The molecule has 100 valence electrons. The number of unbranched alkanes of at least 4 members (excludes halogenated alkanes) is 2. The molecular weight excluding hydrogens is 228 g/mol. The predicted octanol–water partition coefficient (Wildman–Crippen LogP) is 3.46. The fourth-order valence-corrected chi connectivity index (χ4v) is 2.57. The number of hydrogen-bond acceptors (Lipinski definition) is 2. The van der Waals surface area contributed by atoms with Gasteiger partial charge in [-0.25, -0.2) is 0 Å². The molecule has 3 nitrogen and oxygen atoms in total. The van der Waals surface area contributed by atoms with Crippen molar-refractivity contribution < 1.29 is 14.6 Å². The van der Waals surface area contributed by atoms with Crippen molar-refractivity contribution in [3.05, 3.63) is 23.3 Å². The van der Waals surface area contributed by atoms with E-state index in [1.807, 2.05) is 0 Å². The van der Waals surface area contributed by atoms with Gasteiger partial charge in [-0.3, -0.25) is 4.79 Å². The van der Waals surface area contributed by atoms with Gasteiger partial charge in [0.25, 0.3) is 0 Å². The van der Waals surface area contributed by atoms with E-state index in [4.69, 9.17) is 9.84 Å². The highest BCUT2D eigenvalue weighted by molar-refractivity contribution is 5.66. The number of rotatable bonds is 7. The van der Waals surface area contributed by atoms with E-state index in [9.17, 15) is 4.79 Å². The van der Waals surface area contributed by atoms with Gasteiger partial charge in [-0.05, 0) is 38.2 Å². The number of carboxylic acid groups (broad SMARTS) is 1. The number of allylic oxidation sites excluding steroid dienone is 2. The molecule has 18 heavy (non-hydrogen) atoms. The Bertz CT molecular complexity index is 381. The van der Waals surface area contributed by atoms with Crippen molar-refractivity contribution in [3.8, 4) is 0 Å². The molecule has 0 amide bonds. The van der Waals surface area contributed by atoms with Crippen molar-refractivity contribution in [2.45, 2.75) is 57.5 Å². The monoisotopic (exact) mass is 250 g/mol. The topological polar surface area (TPSA) is 46.5 Å². The van der Waals surface area contributed by atoms with E-state index >= 15 is 0 Å². The van der Waals surface area contributed by atoms with Crippen molar-refractivity contribution in [1.82, 2.24) is 0 Å². The summed E-state index contributed by atoms with van der Waals surface area (Å²) in [5, 5.41) is 8.53. The molecule has 0 aliphatic heterocycles.